The van der Waals surface area contributed by atoms with Crippen LogP contribution in [0.25, 0.3) is 43.6 Å². The Balaban J connectivity index is 0.000000139. The van der Waals surface area contributed by atoms with Crippen LogP contribution in [0.3, 0.4) is 0 Å². The molecule has 4 amide bonds. The summed E-state index contributed by atoms with van der Waals surface area (Å²) in [5, 5.41) is 32.0. The van der Waals surface area contributed by atoms with E-state index in [0.717, 1.165) is 118 Å². The van der Waals surface area contributed by atoms with E-state index in [9.17, 15) is 24.3 Å². The maximum atomic E-state index is 12.6. The standard InChI is InChI=1S/C20H19N5O2.C16H20N2O.C15H18N2O2.C9H9N.C7H12BrNO.C5H2ClN3/c21-12-15-11-19(23-14-22-15)27-18-6-4-5-17-16(18)7-10-25(17)13-20(26)24-8-2-1-3-9-24;1-13-6-5-7-15-14(13)8-11-18(15)12-16(19)17-9-3-2-4-10-17;18-14-6-4-5-13-12(14)7-10-17(13)11-15(19)16-8-2-1-3-9-16;1-7-3-2-4-9-8(7)5-6-10-9;8-6-7(10)9-4-2-1-3-5-9;6-5-1-4(2-7)8-3-9-5/h4-7,10-11,14H,1-3,8-9,13H2;5-8,11H,2-4,9-10,12H2,1H3;4-7,10,18H,1-3,8-9,11H2;2-6,10H,1H3;1-6H2;1,3H. The van der Waals surface area contributed by atoms with E-state index in [1.54, 1.807) is 12.1 Å². The van der Waals surface area contributed by atoms with Crippen LogP contribution in [0.2, 0.25) is 5.15 Å². The molecule has 10 heterocycles. The molecule has 0 saturated carbocycles. The van der Waals surface area contributed by atoms with E-state index in [1.807, 2.05) is 102 Å². The maximum Gasteiger partial charge on any atom is 0.242 e. The molecule has 10 aromatic rings. The number of ether oxygens (including phenoxy) is 1. The van der Waals surface area contributed by atoms with Crippen molar-refractivity contribution >= 4 is 94.8 Å². The molecule has 2 N–H and O–H groups in total. The summed E-state index contributed by atoms with van der Waals surface area (Å²) >= 11 is 8.58. The molecule has 0 atom stereocenters. The number of rotatable bonds is 9. The van der Waals surface area contributed by atoms with Crippen LogP contribution in [0.4, 0.5) is 0 Å². The number of piperidine rings is 4. The van der Waals surface area contributed by atoms with Gasteiger partial charge in [0.25, 0.3) is 0 Å². The number of halogens is 2. The first-order valence-corrected chi connectivity index (χ1v) is 33.7. The van der Waals surface area contributed by atoms with E-state index in [0.29, 0.717) is 41.7 Å². The van der Waals surface area contributed by atoms with Crippen molar-refractivity contribution in [2.45, 2.75) is 111 Å². The summed E-state index contributed by atoms with van der Waals surface area (Å²) in [4.78, 5) is 74.2. The number of phenols is 1. The van der Waals surface area contributed by atoms with Crippen LogP contribution in [-0.2, 0) is 38.8 Å². The molecule has 488 valence electrons. The number of hydrogen-bond donors (Lipinski definition) is 2. The Bertz CT molecular complexity index is 4130. The van der Waals surface area contributed by atoms with Crippen molar-refractivity contribution in [3.8, 4) is 29.5 Å². The number of hydrogen-bond acceptors (Lipinski definition) is 12. The largest absolute Gasteiger partial charge is 0.507 e. The van der Waals surface area contributed by atoms with Gasteiger partial charge in [-0.1, -0.05) is 63.9 Å². The first kappa shape index (κ1) is 68.8. The molecular weight excluding hydrogens is 1270 g/mol. The molecule has 4 saturated heterocycles. The Kier molecular flexibility index (Phi) is 25.5. The van der Waals surface area contributed by atoms with E-state index in [2.05, 4.69) is 108 Å². The monoisotopic (exact) mass is 1350 g/mol. The number of aromatic amines is 1. The fourth-order valence-corrected chi connectivity index (χ4v) is 12.4. The second-order valence-electron chi connectivity index (χ2n) is 23.4. The smallest absolute Gasteiger partial charge is 0.242 e. The first-order valence-electron chi connectivity index (χ1n) is 32.2. The van der Waals surface area contributed by atoms with Crippen LogP contribution in [0.5, 0.6) is 17.4 Å². The Labute approximate surface area is 561 Å². The summed E-state index contributed by atoms with van der Waals surface area (Å²) < 4.78 is 11.8. The number of fused-ring (bicyclic) bond motifs is 4. The second-order valence-corrected chi connectivity index (χ2v) is 24.4. The highest BCUT2D eigenvalue weighted by Gasteiger charge is 2.21. The van der Waals surface area contributed by atoms with Crippen LogP contribution in [0.15, 0.2) is 147 Å². The number of aryl methyl sites for hydroxylation is 2. The van der Waals surface area contributed by atoms with Gasteiger partial charge in [0.15, 0.2) is 0 Å². The number of carbonyl (C=O) groups is 4. The topological polar surface area (TPSA) is 240 Å². The van der Waals surface area contributed by atoms with Crippen molar-refractivity contribution in [2.24, 2.45) is 0 Å². The number of nitrogens with zero attached hydrogens (tertiary/aromatic N) is 13. The number of alkyl halides is 1. The lowest BCUT2D eigenvalue weighted by Gasteiger charge is -2.27. The van der Waals surface area contributed by atoms with Crippen molar-refractivity contribution in [3.63, 3.8) is 0 Å². The van der Waals surface area contributed by atoms with E-state index < -0.39 is 0 Å². The number of nitrogens with one attached hydrogen (secondary N) is 1. The number of benzene rings is 4. The van der Waals surface area contributed by atoms with Gasteiger partial charge < -0.3 is 48.1 Å². The molecule has 0 spiro atoms. The van der Waals surface area contributed by atoms with Crippen LogP contribution in [0.1, 0.15) is 99.6 Å². The predicted molar refractivity (Wildman–Crippen MR) is 369 cm³/mol. The molecule has 20 nitrogen and oxygen atoms in total. The highest BCUT2D eigenvalue weighted by molar-refractivity contribution is 9.09. The molecule has 4 aromatic carbocycles. The highest BCUT2D eigenvalue weighted by Crippen LogP contribution is 2.31. The molecule has 4 aliphatic heterocycles. The van der Waals surface area contributed by atoms with Crippen molar-refractivity contribution in [1.29, 1.82) is 10.5 Å². The fourth-order valence-electron chi connectivity index (χ4n) is 11.9. The van der Waals surface area contributed by atoms with Crippen LogP contribution in [-0.4, -0.2) is 145 Å². The number of H-pyrrole nitrogens is 1. The number of carbonyl (C=O) groups excluding carboxylic acids is 4. The van der Waals surface area contributed by atoms with Crippen molar-refractivity contribution in [3.05, 3.63) is 174 Å². The maximum absolute atomic E-state index is 12.6. The van der Waals surface area contributed by atoms with Gasteiger partial charge in [-0.15, -0.1) is 0 Å². The first-order chi connectivity index (χ1) is 45.8. The number of aromatic nitrogens is 8. The van der Waals surface area contributed by atoms with E-state index in [1.165, 1.54) is 90.7 Å². The molecule has 0 unspecified atom stereocenters. The zero-order valence-corrected chi connectivity index (χ0v) is 55.7. The molecule has 14 rings (SSSR count). The number of nitriles is 2. The summed E-state index contributed by atoms with van der Waals surface area (Å²) in [5.41, 5.74) is 7.34. The van der Waals surface area contributed by atoms with Crippen molar-refractivity contribution in [1.82, 2.24) is 58.2 Å². The third-order valence-electron chi connectivity index (χ3n) is 17.0. The Morgan fingerprint density at radius 3 is 1.43 bits per heavy atom. The minimum atomic E-state index is 0.146. The molecule has 0 aliphatic carbocycles. The number of aromatic hydroxyl groups is 1. The minimum Gasteiger partial charge on any atom is -0.507 e. The quantitative estimate of drug-likeness (QED) is 0.101. The summed E-state index contributed by atoms with van der Waals surface area (Å²) in [7, 11) is 0. The van der Waals surface area contributed by atoms with Crippen molar-refractivity contribution < 1.29 is 29.0 Å². The van der Waals surface area contributed by atoms with E-state index >= 15 is 0 Å². The lowest BCUT2D eigenvalue weighted by atomic mass is 10.1. The summed E-state index contributed by atoms with van der Waals surface area (Å²) in [6, 6.07) is 38.3. The van der Waals surface area contributed by atoms with E-state index in [-0.39, 0.29) is 40.8 Å². The SMILES string of the molecule is Cc1cccc2[nH]ccc12.Cc1cccc2c1ccn2CC(=O)N1CCCCC1.N#Cc1cc(Cl)ncn1.N#Cc1cc(Oc2cccc3c2ccn3CC(=O)N2CCCCC2)ncn1.O=C(CBr)N1CCCCC1.O=C(Cn1ccc2c(O)cccc21)N1CCCCC1. The fraction of sp³-hybridized carbons (Fsp3) is 0.361. The Morgan fingerprint density at radius 1 is 0.511 bits per heavy atom. The molecule has 6 aromatic heterocycles. The van der Waals surface area contributed by atoms with Gasteiger partial charge in [0.1, 0.15) is 72.5 Å². The Hall–Kier alpha value is -9.57. The van der Waals surface area contributed by atoms with Gasteiger partial charge in [-0.2, -0.15) is 10.5 Å². The predicted octanol–water partition coefficient (Wildman–Crippen LogP) is 13.3. The number of likely N-dealkylation sites (tertiary alicyclic amines) is 4. The van der Waals surface area contributed by atoms with Gasteiger partial charge >= 0.3 is 0 Å². The highest BCUT2D eigenvalue weighted by atomic mass is 79.9. The van der Waals surface area contributed by atoms with Gasteiger partial charge in [-0.25, -0.2) is 19.9 Å². The third kappa shape index (κ3) is 19.0. The zero-order chi connectivity index (χ0) is 66.2. The molecule has 0 radical (unpaired) electrons. The van der Waals surface area contributed by atoms with Gasteiger partial charge in [-0.3, -0.25) is 19.2 Å². The molecule has 4 fully saturated rings. The van der Waals surface area contributed by atoms with Crippen LogP contribution >= 0.6 is 27.5 Å². The van der Waals surface area contributed by atoms with Gasteiger partial charge in [-0.05, 0) is 163 Å². The molecule has 22 heteroatoms. The van der Waals surface area contributed by atoms with Gasteiger partial charge in [0, 0.05) is 122 Å². The second kappa shape index (κ2) is 34.9. The third-order valence-corrected chi connectivity index (χ3v) is 17.7. The number of amides is 4. The number of phenolic OH excluding ortho intramolecular Hbond substituents is 1. The summed E-state index contributed by atoms with van der Waals surface area (Å²) in [6.07, 6.45) is 24.3. The van der Waals surface area contributed by atoms with Gasteiger partial charge in [0.2, 0.25) is 29.5 Å². The molecule has 0 bridgehead atoms. The summed E-state index contributed by atoms with van der Waals surface area (Å²) in [6.45, 7) is 12.6. The van der Waals surface area contributed by atoms with E-state index in [4.69, 9.17) is 26.9 Å². The molecule has 4 aliphatic rings. The molecule has 94 heavy (non-hydrogen) atoms. The lowest BCUT2D eigenvalue weighted by Crippen LogP contribution is -2.37. The van der Waals surface area contributed by atoms with Crippen molar-refractivity contribution in [2.75, 3.05) is 57.7 Å². The normalized spacial score (nSPS) is 14.4. The van der Waals surface area contributed by atoms with Crippen LogP contribution in [0, 0.1) is 36.5 Å². The summed E-state index contributed by atoms with van der Waals surface area (Å²) in [5.74, 6) is 2.00. The average Bonchev–Trinajstić information content (AvgIpc) is 1.73. The minimum absolute atomic E-state index is 0.146. The van der Waals surface area contributed by atoms with Crippen LogP contribution < -0.4 is 4.74 Å². The lowest BCUT2D eigenvalue weighted by molar-refractivity contribution is -0.133. The Morgan fingerprint density at radius 2 is 0.936 bits per heavy atom. The molecular formula is C72H80BrClN14O6. The van der Waals surface area contributed by atoms with Gasteiger partial charge in [0.05, 0.1) is 16.4 Å². The average molecular weight is 1350 g/mol. The zero-order valence-electron chi connectivity index (χ0n) is 53.4.